The highest BCUT2D eigenvalue weighted by molar-refractivity contribution is 7.99. The average molecular weight is 249 g/mol. The van der Waals surface area contributed by atoms with Crippen LogP contribution >= 0.6 is 11.8 Å². The van der Waals surface area contributed by atoms with Crippen LogP contribution in [-0.2, 0) is 0 Å². The average Bonchev–Trinajstić information content (AvgIpc) is 2.95. The lowest BCUT2D eigenvalue weighted by atomic mass is 10.1. The summed E-state index contributed by atoms with van der Waals surface area (Å²) in [5.41, 5.74) is 7.24. The number of aromatic amines is 1. The third-order valence-electron chi connectivity index (χ3n) is 3.20. The van der Waals surface area contributed by atoms with Crippen molar-refractivity contribution in [2.24, 2.45) is 5.92 Å². The van der Waals surface area contributed by atoms with Gasteiger partial charge in [0.05, 0.1) is 6.33 Å². The lowest BCUT2D eigenvalue weighted by Crippen LogP contribution is -2.00. The highest BCUT2D eigenvalue weighted by atomic mass is 32.2. The number of aromatic nitrogens is 4. The van der Waals surface area contributed by atoms with E-state index in [2.05, 4.69) is 19.9 Å². The molecule has 0 spiro atoms. The molecule has 0 radical (unpaired) electrons. The second-order valence-electron chi connectivity index (χ2n) is 4.45. The summed E-state index contributed by atoms with van der Waals surface area (Å²) < 4.78 is 0. The predicted octanol–water partition coefficient (Wildman–Crippen LogP) is 2.22. The molecule has 3 rings (SSSR count). The van der Waals surface area contributed by atoms with Gasteiger partial charge >= 0.3 is 0 Å². The van der Waals surface area contributed by atoms with E-state index in [1.165, 1.54) is 25.7 Å². The van der Waals surface area contributed by atoms with Crippen molar-refractivity contribution >= 4 is 28.9 Å². The molecule has 1 aliphatic carbocycles. The van der Waals surface area contributed by atoms with Gasteiger partial charge in [-0.15, -0.1) is 11.8 Å². The first-order chi connectivity index (χ1) is 8.33. The molecule has 2 aromatic heterocycles. The maximum Gasteiger partial charge on any atom is 0.223 e. The van der Waals surface area contributed by atoms with Crippen LogP contribution in [0.1, 0.15) is 25.7 Å². The smallest absolute Gasteiger partial charge is 0.223 e. The number of anilines is 1. The van der Waals surface area contributed by atoms with Crippen molar-refractivity contribution in [1.29, 1.82) is 0 Å². The Kier molecular flexibility index (Phi) is 2.88. The summed E-state index contributed by atoms with van der Waals surface area (Å²) in [4.78, 5) is 15.6. The summed E-state index contributed by atoms with van der Waals surface area (Å²) in [7, 11) is 0. The van der Waals surface area contributed by atoms with Crippen LogP contribution in [0.4, 0.5) is 5.95 Å². The zero-order valence-electron chi connectivity index (χ0n) is 9.52. The molecule has 1 saturated carbocycles. The van der Waals surface area contributed by atoms with Gasteiger partial charge in [-0.05, 0) is 18.8 Å². The van der Waals surface area contributed by atoms with Crippen molar-refractivity contribution in [3.63, 3.8) is 0 Å². The molecule has 0 atom stereocenters. The van der Waals surface area contributed by atoms with E-state index in [1.54, 1.807) is 18.1 Å². The van der Waals surface area contributed by atoms with Gasteiger partial charge in [0.25, 0.3) is 0 Å². The maximum atomic E-state index is 5.68. The third kappa shape index (κ3) is 2.22. The van der Waals surface area contributed by atoms with Crippen LogP contribution in [0.15, 0.2) is 11.4 Å². The van der Waals surface area contributed by atoms with Crippen molar-refractivity contribution in [3.8, 4) is 0 Å². The minimum Gasteiger partial charge on any atom is -0.368 e. The summed E-state index contributed by atoms with van der Waals surface area (Å²) >= 11 is 1.76. The van der Waals surface area contributed by atoms with Crippen molar-refractivity contribution in [2.45, 2.75) is 30.7 Å². The highest BCUT2D eigenvalue weighted by Gasteiger charge is 2.17. The molecule has 1 fully saturated rings. The molecule has 0 aliphatic heterocycles. The van der Waals surface area contributed by atoms with Crippen molar-refractivity contribution in [1.82, 2.24) is 19.9 Å². The van der Waals surface area contributed by atoms with Crippen molar-refractivity contribution < 1.29 is 0 Å². The number of hydrogen-bond donors (Lipinski definition) is 2. The van der Waals surface area contributed by atoms with Crippen LogP contribution in [-0.4, -0.2) is 25.7 Å². The first-order valence-corrected chi connectivity index (χ1v) is 6.91. The standard InChI is InChI=1S/C11H15N5S/c12-11-15-9-8(13-6-14-9)10(16-11)17-5-7-3-1-2-4-7/h6-7H,1-5H2,(H3,12,13,14,15,16). The molecule has 17 heavy (non-hydrogen) atoms. The zero-order chi connectivity index (χ0) is 11.7. The molecular formula is C11H15N5S. The van der Waals surface area contributed by atoms with E-state index in [-0.39, 0.29) is 0 Å². The molecule has 90 valence electrons. The van der Waals surface area contributed by atoms with Gasteiger partial charge in [0, 0.05) is 5.75 Å². The van der Waals surface area contributed by atoms with Gasteiger partial charge in [-0.3, -0.25) is 0 Å². The van der Waals surface area contributed by atoms with E-state index in [4.69, 9.17) is 5.73 Å². The number of H-pyrrole nitrogens is 1. The number of thioether (sulfide) groups is 1. The molecule has 1 aliphatic rings. The molecule has 5 nitrogen and oxygen atoms in total. The molecule has 0 saturated heterocycles. The summed E-state index contributed by atoms with van der Waals surface area (Å²) in [6.45, 7) is 0. The van der Waals surface area contributed by atoms with Crippen molar-refractivity contribution in [2.75, 3.05) is 11.5 Å². The molecule has 3 N–H and O–H groups in total. The lowest BCUT2D eigenvalue weighted by molar-refractivity contribution is 0.623. The molecule has 6 heteroatoms. The highest BCUT2D eigenvalue weighted by Crippen LogP contribution is 2.32. The summed E-state index contributed by atoms with van der Waals surface area (Å²) in [6, 6.07) is 0. The van der Waals surface area contributed by atoms with Crippen LogP contribution < -0.4 is 5.73 Å². The van der Waals surface area contributed by atoms with Crippen molar-refractivity contribution in [3.05, 3.63) is 6.33 Å². The SMILES string of the molecule is Nc1nc(SCC2CCCC2)c2[nH]cnc2n1. The fourth-order valence-corrected chi connectivity index (χ4v) is 3.48. The first kappa shape index (κ1) is 10.8. The number of hydrogen-bond acceptors (Lipinski definition) is 5. The van der Waals surface area contributed by atoms with Gasteiger partial charge in [-0.2, -0.15) is 4.98 Å². The number of imidazole rings is 1. The lowest BCUT2D eigenvalue weighted by Gasteiger charge is -2.08. The Morgan fingerprint density at radius 2 is 2.18 bits per heavy atom. The van der Waals surface area contributed by atoms with Crippen LogP contribution in [0.25, 0.3) is 11.2 Å². The van der Waals surface area contributed by atoms with E-state index < -0.39 is 0 Å². The number of nitrogens with two attached hydrogens (primary N) is 1. The number of nitrogen functional groups attached to an aromatic ring is 1. The molecule has 0 amide bonds. The minimum absolute atomic E-state index is 0.304. The largest absolute Gasteiger partial charge is 0.368 e. The van der Waals surface area contributed by atoms with Gasteiger partial charge in [-0.25, -0.2) is 9.97 Å². The van der Waals surface area contributed by atoms with Gasteiger partial charge < -0.3 is 10.7 Å². The first-order valence-electron chi connectivity index (χ1n) is 5.92. The molecule has 0 bridgehead atoms. The van der Waals surface area contributed by atoms with Gasteiger partial charge in [-0.1, -0.05) is 12.8 Å². The van der Waals surface area contributed by atoms with E-state index in [0.717, 1.165) is 22.2 Å². The van der Waals surface area contributed by atoms with Crippen LogP contribution in [0, 0.1) is 5.92 Å². The van der Waals surface area contributed by atoms with E-state index in [9.17, 15) is 0 Å². The molecule has 2 aromatic rings. The summed E-state index contributed by atoms with van der Waals surface area (Å²) in [5, 5.41) is 0.928. The summed E-state index contributed by atoms with van der Waals surface area (Å²) in [5.74, 6) is 2.25. The van der Waals surface area contributed by atoms with Gasteiger partial charge in [0.1, 0.15) is 10.5 Å². The molecular weight excluding hydrogens is 234 g/mol. The Morgan fingerprint density at radius 3 is 3.00 bits per heavy atom. The molecule has 2 heterocycles. The van der Waals surface area contributed by atoms with E-state index in [0.29, 0.717) is 11.6 Å². The fourth-order valence-electron chi connectivity index (χ4n) is 2.30. The van der Waals surface area contributed by atoms with Crippen LogP contribution in [0.3, 0.4) is 0 Å². The number of rotatable bonds is 3. The van der Waals surface area contributed by atoms with Gasteiger partial charge in [0.15, 0.2) is 5.65 Å². The Balaban J connectivity index is 1.81. The van der Waals surface area contributed by atoms with Crippen LogP contribution in [0.2, 0.25) is 0 Å². The second-order valence-corrected chi connectivity index (χ2v) is 5.46. The predicted molar refractivity (Wildman–Crippen MR) is 68.8 cm³/mol. The monoisotopic (exact) mass is 249 g/mol. The second kappa shape index (κ2) is 4.52. The Morgan fingerprint density at radius 1 is 1.35 bits per heavy atom. The molecule has 0 unspecified atom stereocenters. The van der Waals surface area contributed by atoms with Crippen LogP contribution in [0.5, 0.6) is 0 Å². The van der Waals surface area contributed by atoms with Gasteiger partial charge in [0.2, 0.25) is 5.95 Å². The summed E-state index contributed by atoms with van der Waals surface area (Å²) in [6.07, 6.45) is 7.07. The Hall–Kier alpha value is -1.30. The topological polar surface area (TPSA) is 80.5 Å². The minimum atomic E-state index is 0.304. The number of nitrogens with one attached hydrogen (secondary N) is 1. The molecule has 0 aromatic carbocycles. The zero-order valence-corrected chi connectivity index (χ0v) is 10.3. The van der Waals surface area contributed by atoms with E-state index >= 15 is 0 Å². The Labute approximate surface area is 104 Å². The third-order valence-corrected chi connectivity index (χ3v) is 4.41. The fraction of sp³-hybridized carbons (Fsp3) is 0.545. The number of fused-ring (bicyclic) bond motifs is 1. The van der Waals surface area contributed by atoms with E-state index in [1.807, 2.05) is 0 Å². The quantitative estimate of drug-likeness (QED) is 0.644. The number of nitrogens with zero attached hydrogens (tertiary/aromatic N) is 3. The normalized spacial score (nSPS) is 16.9. The maximum absolute atomic E-state index is 5.68. The Bertz CT molecular complexity index is 518.